The fourth-order valence-electron chi connectivity index (χ4n) is 7.69. The molecule has 4 aliphatic rings. The Morgan fingerprint density at radius 2 is 1.88 bits per heavy atom. The third-order valence-corrected chi connectivity index (χ3v) is 9.61. The van der Waals surface area contributed by atoms with Crippen LogP contribution in [0.3, 0.4) is 0 Å². The summed E-state index contributed by atoms with van der Waals surface area (Å²) in [5.41, 5.74) is 0.493. The van der Waals surface area contributed by atoms with Gasteiger partial charge in [0.05, 0.1) is 17.1 Å². The van der Waals surface area contributed by atoms with Gasteiger partial charge in [-0.05, 0) is 85.8 Å². The molecular formula is C26H32N2O5. The highest BCUT2D eigenvalue weighted by molar-refractivity contribution is 5.89. The number of carbonyl (C=O) groups is 2. The Kier molecular flexibility index (Phi) is 5.33. The number of esters is 1. The zero-order chi connectivity index (χ0) is 23.4. The number of non-ortho nitro benzene ring substituents is 1. The van der Waals surface area contributed by atoms with Crippen LogP contribution in [0.5, 0.6) is 0 Å². The van der Waals surface area contributed by atoms with Gasteiger partial charge in [0.2, 0.25) is 5.91 Å². The maximum atomic E-state index is 12.6. The largest absolute Gasteiger partial charge is 0.462 e. The van der Waals surface area contributed by atoms with Crippen molar-refractivity contribution in [2.24, 2.45) is 34.5 Å². The molecule has 1 aliphatic heterocycles. The van der Waals surface area contributed by atoms with Crippen LogP contribution in [0.1, 0.15) is 62.7 Å². The number of benzene rings is 1. The maximum absolute atomic E-state index is 12.6. The van der Waals surface area contributed by atoms with Gasteiger partial charge in [-0.1, -0.05) is 19.9 Å². The summed E-state index contributed by atoms with van der Waals surface area (Å²) in [6.45, 7) is 5.11. The molecule has 3 fully saturated rings. The first-order valence-corrected chi connectivity index (χ1v) is 12.1. The van der Waals surface area contributed by atoms with Crippen LogP contribution >= 0.6 is 0 Å². The summed E-state index contributed by atoms with van der Waals surface area (Å²) < 4.78 is 5.71. The highest BCUT2D eigenvalue weighted by Gasteiger charge is 2.59. The fourth-order valence-corrected chi connectivity index (χ4v) is 7.69. The quantitative estimate of drug-likeness (QED) is 0.407. The Morgan fingerprint density at radius 1 is 1.12 bits per heavy atom. The van der Waals surface area contributed by atoms with Crippen molar-refractivity contribution in [2.45, 2.75) is 58.4 Å². The van der Waals surface area contributed by atoms with E-state index in [2.05, 4.69) is 25.2 Å². The third-order valence-electron chi connectivity index (χ3n) is 9.61. The lowest BCUT2D eigenvalue weighted by atomic mass is 9.48. The number of nitro groups is 1. The molecule has 7 atom stereocenters. The molecule has 7 heteroatoms. The molecule has 0 aromatic heterocycles. The molecule has 1 aromatic rings. The van der Waals surface area contributed by atoms with Crippen LogP contribution in [0.15, 0.2) is 36.4 Å². The second kappa shape index (κ2) is 7.96. The van der Waals surface area contributed by atoms with Crippen LogP contribution < -0.4 is 5.32 Å². The van der Waals surface area contributed by atoms with Gasteiger partial charge in [0.15, 0.2) is 0 Å². The molecule has 1 amide bonds. The molecule has 0 spiro atoms. The molecule has 33 heavy (non-hydrogen) atoms. The molecule has 4 unspecified atom stereocenters. The first-order valence-electron chi connectivity index (χ1n) is 12.1. The molecule has 1 aromatic carbocycles. The normalized spacial score (nSPS) is 39.1. The van der Waals surface area contributed by atoms with Crippen LogP contribution in [0.2, 0.25) is 0 Å². The number of ether oxygens (including phenoxy) is 1. The van der Waals surface area contributed by atoms with E-state index < -0.39 is 10.9 Å². The van der Waals surface area contributed by atoms with Crippen molar-refractivity contribution in [1.29, 1.82) is 0 Å². The molecule has 7 nitrogen and oxygen atoms in total. The number of nitrogens with one attached hydrogen (secondary N) is 1. The number of rotatable bonds is 4. The molecule has 0 saturated heterocycles. The number of nitro benzene ring substituents is 1. The lowest BCUT2D eigenvalue weighted by Crippen LogP contribution is -2.59. The van der Waals surface area contributed by atoms with Crippen LogP contribution in [-0.4, -0.2) is 29.4 Å². The Hall–Kier alpha value is -2.70. The molecule has 1 heterocycles. The fraction of sp³-hybridized carbons (Fsp3) is 0.615. The highest BCUT2D eigenvalue weighted by atomic mass is 16.6. The molecule has 3 aliphatic carbocycles. The second-order valence-corrected chi connectivity index (χ2v) is 10.9. The zero-order valence-corrected chi connectivity index (χ0v) is 19.3. The molecule has 1 N–H and O–H groups in total. The Bertz CT molecular complexity index is 1000. The van der Waals surface area contributed by atoms with E-state index in [4.69, 9.17) is 4.74 Å². The van der Waals surface area contributed by atoms with Crippen LogP contribution in [0, 0.1) is 44.6 Å². The van der Waals surface area contributed by atoms with Gasteiger partial charge in [0.1, 0.15) is 0 Å². The Morgan fingerprint density at radius 3 is 2.61 bits per heavy atom. The number of hydrogen-bond donors (Lipinski definition) is 1. The highest BCUT2D eigenvalue weighted by Crippen LogP contribution is 2.64. The van der Waals surface area contributed by atoms with Gasteiger partial charge < -0.3 is 10.1 Å². The van der Waals surface area contributed by atoms with E-state index in [9.17, 15) is 19.7 Å². The van der Waals surface area contributed by atoms with Gasteiger partial charge in [0.25, 0.3) is 5.69 Å². The van der Waals surface area contributed by atoms with Crippen molar-refractivity contribution >= 4 is 17.6 Å². The lowest BCUT2D eigenvalue weighted by molar-refractivity contribution is -0.384. The minimum atomic E-state index is -0.476. The van der Waals surface area contributed by atoms with E-state index in [0.29, 0.717) is 35.8 Å². The van der Waals surface area contributed by atoms with E-state index in [0.717, 1.165) is 38.5 Å². The number of nitrogens with zero attached hydrogens (tertiary/aromatic N) is 1. The summed E-state index contributed by atoms with van der Waals surface area (Å²) >= 11 is 0. The average molecular weight is 453 g/mol. The van der Waals surface area contributed by atoms with Gasteiger partial charge in [-0.25, -0.2) is 4.79 Å². The van der Waals surface area contributed by atoms with Crippen molar-refractivity contribution in [1.82, 2.24) is 5.32 Å². The summed E-state index contributed by atoms with van der Waals surface area (Å²) in [5, 5.41) is 14.0. The number of carbonyl (C=O) groups excluding carboxylic acids is 2. The number of hydrogen-bond acceptors (Lipinski definition) is 5. The van der Waals surface area contributed by atoms with Crippen LogP contribution in [-0.2, 0) is 9.53 Å². The lowest BCUT2D eigenvalue weighted by Gasteiger charge is -2.58. The van der Waals surface area contributed by atoms with Crippen molar-refractivity contribution in [3.8, 4) is 0 Å². The first-order chi connectivity index (χ1) is 15.7. The van der Waals surface area contributed by atoms with Gasteiger partial charge in [-0.3, -0.25) is 14.9 Å². The van der Waals surface area contributed by atoms with Gasteiger partial charge in [0, 0.05) is 23.6 Å². The SMILES string of the molecule is C[C@]12C=CC(=O)NC1CCC1C2CC[C@@]2(C)C1CC[C@@H]2COC(=O)c1ccc([N+](=O)[O-])cc1. The molecular weight excluding hydrogens is 420 g/mol. The second-order valence-electron chi connectivity index (χ2n) is 10.9. The summed E-state index contributed by atoms with van der Waals surface area (Å²) in [6, 6.07) is 5.83. The predicted octanol–water partition coefficient (Wildman–Crippen LogP) is 4.67. The average Bonchev–Trinajstić information content (AvgIpc) is 3.14. The smallest absolute Gasteiger partial charge is 0.338 e. The Balaban J connectivity index is 1.26. The van der Waals surface area contributed by atoms with Crippen molar-refractivity contribution in [2.75, 3.05) is 6.61 Å². The molecule has 0 bridgehead atoms. The van der Waals surface area contributed by atoms with E-state index >= 15 is 0 Å². The van der Waals surface area contributed by atoms with Gasteiger partial charge in [-0.15, -0.1) is 0 Å². The minimum absolute atomic E-state index is 0.0264. The van der Waals surface area contributed by atoms with Crippen LogP contribution in [0.4, 0.5) is 5.69 Å². The molecule has 5 rings (SSSR count). The van der Waals surface area contributed by atoms with Crippen molar-refractivity contribution in [3.05, 3.63) is 52.1 Å². The van der Waals surface area contributed by atoms with E-state index in [1.165, 1.54) is 24.3 Å². The van der Waals surface area contributed by atoms with Gasteiger partial charge >= 0.3 is 5.97 Å². The standard InChI is InChI=1S/C26H32N2O5/c1-25-13-11-21-19(8-10-22-26(21,2)14-12-23(29)27-22)20(25)9-5-17(25)15-33-24(30)16-3-6-18(7-4-16)28(31)32/h3-4,6-7,12,14,17,19-22H,5,8-11,13,15H2,1-2H3,(H,27,29)/t17-,19?,20?,21?,22?,25-,26-/m1/s1. The monoisotopic (exact) mass is 452 g/mol. The van der Waals surface area contributed by atoms with Gasteiger partial charge in [-0.2, -0.15) is 0 Å². The summed E-state index contributed by atoms with van der Waals surface area (Å²) in [5.74, 6) is 1.78. The van der Waals surface area contributed by atoms with Crippen LogP contribution in [0.25, 0.3) is 0 Å². The molecule has 3 saturated carbocycles. The Labute approximate surface area is 194 Å². The van der Waals surface area contributed by atoms with E-state index in [-0.39, 0.29) is 28.5 Å². The first kappa shape index (κ1) is 22.1. The van der Waals surface area contributed by atoms with Crippen molar-refractivity contribution in [3.63, 3.8) is 0 Å². The summed E-state index contributed by atoms with van der Waals surface area (Å²) in [6.07, 6.45) is 10.5. The van der Waals surface area contributed by atoms with Crippen molar-refractivity contribution < 1.29 is 19.2 Å². The van der Waals surface area contributed by atoms with E-state index in [1.54, 1.807) is 6.08 Å². The topological polar surface area (TPSA) is 98.5 Å². The maximum Gasteiger partial charge on any atom is 0.338 e. The predicted molar refractivity (Wildman–Crippen MR) is 122 cm³/mol. The third kappa shape index (κ3) is 3.56. The summed E-state index contributed by atoms with van der Waals surface area (Å²) in [7, 11) is 0. The number of fused-ring (bicyclic) bond motifs is 5. The number of amides is 1. The zero-order valence-electron chi connectivity index (χ0n) is 19.3. The molecule has 0 radical (unpaired) electrons. The minimum Gasteiger partial charge on any atom is -0.462 e. The van der Waals surface area contributed by atoms with E-state index in [1.807, 2.05) is 0 Å². The molecule has 176 valence electrons. The summed E-state index contributed by atoms with van der Waals surface area (Å²) in [4.78, 5) is 34.8.